The summed E-state index contributed by atoms with van der Waals surface area (Å²) in [4.78, 5) is 0. The van der Waals surface area contributed by atoms with Gasteiger partial charge in [-0.15, -0.1) is 6.54 Å². The van der Waals surface area contributed by atoms with Crippen LogP contribution < -0.4 is 0 Å². The van der Waals surface area contributed by atoms with Crippen LogP contribution in [0.4, 0.5) is 0 Å². The average molecular weight is 176 g/mol. The van der Waals surface area contributed by atoms with E-state index in [9.17, 15) is 0 Å². The standard InChI is InChI=1S/C12H18N/c1-3-4-5-11-6-8-12(9-7-11)10-13-2/h6-9H,3-5,10H2,1-2H3/q-1. The maximum atomic E-state index is 4.10. The molecule has 0 bridgehead atoms. The summed E-state index contributed by atoms with van der Waals surface area (Å²) in [5, 5.41) is 4.10. The first kappa shape index (κ1) is 10.3. The molecule has 1 nitrogen and oxygen atoms in total. The van der Waals surface area contributed by atoms with E-state index in [1.807, 2.05) is 7.05 Å². The molecule has 1 aromatic carbocycles. The number of hydrogen-bond acceptors (Lipinski definition) is 0. The van der Waals surface area contributed by atoms with Crippen LogP contribution in [0.2, 0.25) is 0 Å². The molecule has 0 aliphatic heterocycles. The van der Waals surface area contributed by atoms with Gasteiger partial charge in [0.15, 0.2) is 0 Å². The zero-order chi connectivity index (χ0) is 9.52. The molecule has 0 N–H and O–H groups in total. The van der Waals surface area contributed by atoms with E-state index in [4.69, 9.17) is 0 Å². The van der Waals surface area contributed by atoms with Crippen molar-refractivity contribution in [3.05, 3.63) is 40.7 Å². The second-order valence-corrected chi connectivity index (χ2v) is 3.39. The molecule has 1 aromatic rings. The lowest BCUT2D eigenvalue weighted by Crippen LogP contribution is -1.86. The van der Waals surface area contributed by atoms with Gasteiger partial charge in [0.25, 0.3) is 0 Å². The second kappa shape index (κ2) is 5.76. The fourth-order valence-electron chi connectivity index (χ4n) is 1.37. The second-order valence-electron chi connectivity index (χ2n) is 3.39. The molecule has 72 valence electrons. The number of unbranched alkanes of at least 4 members (excludes halogenated alkanes) is 1. The summed E-state index contributed by atoms with van der Waals surface area (Å²) < 4.78 is 0. The van der Waals surface area contributed by atoms with Gasteiger partial charge in [0.1, 0.15) is 0 Å². The number of rotatable bonds is 5. The molecule has 13 heavy (non-hydrogen) atoms. The van der Waals surface area contributed by atoms with E-state index in [1.165, 1.54) is 30.4 Å². The molecule has 0 unspecified atom stereocenters. The van der Waals surface area contributed by atoms with Crippen molar-refractivity contribution in [2.24, 2.45) is 0 Å². The first-order valence-electron chi connectivity index (χ1n) is 5.00. The molecule has 0 spiro atoms. The van der Waals surface area contributed by atoms with Gasteiger partial charge in [-0.1, -0.05) is 43.2 Å². The predicted octanol–water partition coefficient (Wildman–Crippen LogP) is 3.53. The van der Waals surface area contributed by atoms with Gasteiger partial charge < -0.3 is 5.32 Å². The lowest BCUT2D eigenvalue weighted by atomic mass is 10.1. The largest absolute Gasteiger partial charge is 0.661 e. The smallest absolute Gasteiger partial charge is 0.0279 e. The van der Waals surface area contributed by atoms with E-state index in [2.05, 4.69) is 36.5 Å². The molecule has 0 saturated heterocycles. The van der Waals surface area contributed by atoms with E-state index in [-0.39, 0.29) is 0 Å². The maximum absolute atomic E-state index is 4.10. The van der Waals surface area contributed by atoms with Crippen LogP contribution in [-0.4, -0.2) is 7.05 Å². The Morgan fingerprint density at radius 3 is 2.23 bits per heavy atom. The van der Waals surface area contributed by atoms with Crippen molar-refractivity contribution >= 4 is 0 Å². The van der Waals surface area contributed by atoms with Gasteiger partial charge in [-0.2, -0.15) is 7.05 Å². The van der Waals surface area contributed by atoms with E-state index in [0.717, 1.165) is 6.54 Å². The van der Waals surface area contributed by atoms with E-state index < -0.39 is 0 Å². The Morgan fingerprint density at radius 2 is 1.69 bits per heavy atom. The van der Waals surface area contributed by atoms with Gasteiger partial charge in [0.05, 0.1) is 0 Å². The number of benzene rings is 1. The lowest BCUT2D eigenvalue weighted by molar-refractivity contribution is 0.795. The third-order valence-electron chi connectivity index (χ3n) is 2.18. The van der Waals surface area contributed by atoms with Crippen LogP contribution in [0.15, 0.2) is 24.3 Å². The topological polar surface area (TPSA) is 14.1 Å². The Balaban J connectivity index is 2.48. The highest BCUT2D eigenvalue weighted by molar-refractivity contribution is 5.23. The van der Waals surface area contributed by atoms with Crippen molar-refractivity contribution in [2.75, 3.05) is 7.05 Å². The summed E-state index contributed by atoms with van der Waals surface area (Å²) in [5.74, 6) is 0. The molecule has 1 rings (SSSR count). The van der Waals surface area contributed by atoms with E-state index in [0.29, 0.717) is 0 Å². The van der Waals surface area contributed by atoms with Crippen molar-refractivity contribution in [1.82, 2.24) is 0 Å². The van der Waals surface area contributed by atoms with E-state index in [1.54, 1.807) is 0 Å². The van der Waals surface area contributed by atoms with Crippen LogP contribution in [0.5, 0.6) is 0 Å². The molecule has 0 aromatic heterocycles. The average Bonchev–Trinajstić information content (AvgIpc) is 2.17. The maximum Gasteiger partial charge on any atom is -0.0279 e. The lowest BCUT2D eigenvalue weighted by Gasteiger charge is -2.11. The van der Waals surface area contributed by atoms with Crippen LogP contribution in [0.3, 0.4) is 0 Å². The normalized spacial score (nSPS) is 10.3. The Kier molecular flexibility index (Phi) is 4.55. The van der Waals surface area contributed by atoms with E-state index >= 15 is 0 Å². The fraction of sp³-hybridized carbons (Fsp3) is 0.500. The van der Waals surface area contributed by atoms with Gasteiger partial charge in [0, 0.05) is 0 Å². The van der Waals surface area contributed by atoms with Crippen LogP contribution >= 0.6 is 0 Å². The van der Waals surface area contributed by atoms with Crippen LogP contribution in [0, 0.1) is 0 Å². The summed E-state index contributed by atoms with van der Waals surface area (Å²) in [6.07, 6.45) is 3.77. The predicted molar refractivity (Wildman–Crippen MR) is 58.0 cm³/mol. The molecule has 0 aliphatic rings. The minimum atomic E-state index is 0.841. The molecule has 0 saturated carbocycles. The summed E-state index contributed by atoms with van der Waals surface area (Å²) in [6, 6.07) is 8.79. The Morgan fingerprint density at radius 1 is 1.08 bits per heavy atom. The van der Waals surface area contributed by atoms with Crippen LogP contribution in [-0.2, 0) is 13.0 Å². The highest BCUT2D eigenvalue weighted by atomic mass is 14.8. The summed E-state index contributed by atoms with van der Waals surface area (Å²) in [5.41, 5.74) is 2.75. The van der Waals surface area contributed by atoms with Crippen LogP contribution in [0.1, 0.15) is 30.9 Å². The molecule has 0 amide bonds. The van der Waals surface area contributed by atoms with Crippen molar-refractivity contribution in [3.8, 4) is 0 Å². The molecule has 0 heterocycles. The third kappa shape index (κ3) is 3.60. The van der Waals surface area contributed by atoms with Crippen molar-refractivity contribution in [3.63, 3.8) is 0 Å². The Bertz CT molecular complexity index is 225. The highest BCUT2D eigenvalue weighted by Crippen LogP contribution is 2.09. The number of nitrogens with zero attached hydrogens (tertiary/aromatic N) is 1. The molecular formula is C12H18N-. The quantitative estimate of drug-likeness (QED) is 0.651. The first-order chi connectivity index (χ1) is 6.36. The minimum absolute atomic E-state index is 0.841. The number of hydrogen-bond donors (Lipinski definition) is 0. The van der Waals surface area contributed by atoms with Crippen molar-refractivity contribution in [1.29, 1.82) is 0 Å². The van der Waals surface area contributed by atoms with Crippen molar-refractivity contribution in [2.45, 2.75) is 32.7 Å². The van der Waals surface area contributed by atoms with Crippen molar-refractivity contribution < 1.29 is 0 Å². The number of aryl methyl sites for hydroxylation is 1. The SMILES string of the molecule is CCCCc1ccc(C[N-]C)cc1. The molecule has 0 atom stereocenters. The first-order valence-corrected chi connectivity index (χ1v) is 5.00. The van der Waals surface area contributed by atoms with Gasteiger partial charge in [-0.05, 0) is 18.4 Å². The zero-order valence-electron chi connectivity index (χ0n) is 8.59. The van der Waals surface area contributed by atoms with Crippen LogP contribution in [0.25, 0.3) is 5.32 Å². The summed E-state index contributed by atoms with van der Waals surface area (Å²) in [7, 11) is 1.85. The highest BCUT2D eigenvalue weighted by Gasteiger charge is 1.91. The molecule has 0 aliphatic carbocycles. The van der Waals surface area contributed by atoms with Gasteiger partial charge in [-0.25, -0.2) is 0 Å². The Hall–Kier alpha value is -0.820. The Labute approximate surface area is 81.2 Å². The third-order valence-corrected chi connectivity index (χ3v) is 2.18. The monoisotopic (exact) mass is 176 g/mol. The molecule has 0 radical (unpaired) electrons. The summed E-state index contributed by atoms with van der Waals surface area (Å²) in [6.45, 7) is 3.07. The fourth-order valence-corrected chi connectivity index (χ4v) is 1.37. The molecule has 1 heteroatoms. The van der Waals surface area contributed by atoms with Gasteiger partial charge in [0.2, 0.25) is 0 Å². The molecule has 0 fully saturated rings. The van der Waals surface area contributed by atoms with Gasteiger partial charge >= 0.3 is 0 Å². The van der Waals surface area contributed by atoms with Gasteiger partial charge in [-0.3, -0.25) is 0 Å². The summed E-state index contributed by atoms with van der Waals surface area (Å²) >= 11 is 0. The molecular weight excluding hydrogens is 158 g/mol. The minimum Gasteiger partial charge on any atom is -0.661 e. The zero-order valence-corrected chi connectivity index (χ0v) is 8.59.